The van der Waals surface area contributed by atoms with E-state index < -0.39 is 0 Å². The maximum absolute atomic E-state index is 12.4. The molecule has 1 heterocycles. The zero-order valence-corrected chi connectivity index (χ0v) is 16.6. The molecule has 2 aromatic rings. The van der Waals surface area contributed by atoms with Gasteiger partial charge in [0.25, 0.3) is 5.91 Å². The van der Waals surface area contributed by atoms with Gasteiger partial charge in [0.05, 0.1) is 0 Å². The maximum atomic E-state index is 12.4. The van der Waals surface area contributed by atoms with Crippen molar-refractivity contribution in [2.45, 2.75) is 6.42 Å². The molecule has 1 aliphatic rings. The number of nitrogens with zero attached hydrogens (tertiary/aromatic N) is 1. The summed E-state index contributed by atoms with van der Waals surface area (Å²) in [6.07, 6.45) is 0.968. The Bertz CT molecular complexity index is 721. The zero-order valence-electron chi connectivity index (χ0n) is 15.0. The van der Waals surface area contributed by atoms with Gasteiger partial charge in [0, 0.05) is 30.0 Å². The Hall–Kier alpha value is -1.95. The third-order valence-corrected chi connectivity index (χ3v) is 4.00. The van der Waals surface area contributed by atoms with Crippen molar-refractivity contribution in [2.24, 2.45) is 0 Å². The van der Waals surface area contributed by atoms with Crippen LogP contribution in [0, 0.1) is 0 Å². The highest BCUT2D eigenvalue weighted by atomic mass is 35.5. The van der Waals surface area contributed by atoms with E-state index in [-0.39, 0.29) is 30.7 Å². The Balaban J connectivity index is 0.00000169. The number of ether oxygens (including phenoxy) is 1. The van der Waals surface area contributed by atoms with E-state index in [4.69, 9.17) is 4.74 Å². The van der Waals surface area contributed by atoms with Gasteiger partial charge in [-0.3, -0.25) is 4.79 Å². The molecule has 142 valence electrons. The lowest BCUT2D eigenvalue weighted by atomic mass is 10.1. The zero-order chi connectivity index (χ0) is 16.9. The molecule has 0 fully saturated rings. The fourth-order valence-electron chi connectivity index (χ4n) is 2.63. The molecule has 0 spiro atoms. The number of halogens is 2. The first kappa shape index (κ1) is 22.1. The van der Waals surface area contributed by atoms with Gasteiger partial charge in [-0.2, -0.15) is 0 Å². The van der Waals surface area contributed by atoms with Crippen molar-refractivity contribution in [1.29, 1.82) is 0 Å². The minimum absolute atomic E-state index is 0. The predicted molar refractivity (Wildman–Crippen MR) is 112 cm³/mol. The molecular formula is C19H25Cl2N3O2. The number of fused-ring (bicyclic) bond motifs is 1. The lowest BCUT2D eigenvalue weighted by molar-refractivity contribution is 0.102. The highest BCUT2D eigenvalue weighted by Crippen LogP contribution is 2.23. The summed E-state index contributed by atoms with van der Waals surface area (Å²) < 4.78 is 5.65. The molecule has 1 aliphatic heterocycles. The number of hydrogen-bond acceptors (Lipinski definition) is 4. The summed E-state index contributed by atoms with van der Waals surface area (Å²) in [6, 6.07) is 13.2. The number of anilines is 2. The number of carbonyl (C=O) groups is 1. The number of hydrogen-bond donors (Lipinski definition) is 2. The Morgan fingerprint density at radius 3 is 2.58 bits per heavy atom. The lowest BCUT2D eigenvalue weighted by Gasteiger charge is -2.11. The van der Waals surface area contributed by atoms with Crippen molar-refractivity contribution >= 4 is 42.1 Å². The third-order valence-electron chi connectivity index (χ3n) is 4.00. The number of nitrogens with one attached hydrogen (secondary N) is 2. The first-order chi connectivity index (χ1) is 11.6. The van der Waals surface area contributed by atoms with Gasteiger partial charge in [-0.05, 0) is 68.5 Å². The molecule has 0 unspecified atom stereocenters. The van der Waals surface area contributed by atoms with Crippen molar-refractivity contribution in [2.75, 3.05) is 44.4 Å². The Morgan fingerprint density at radius 2 is 1.88 bits per heavy atom. The Morgan fingerprint density at radius 1 is 1.15 bits per heavy atom. The normalized spacial score (nSPS) is 11.7. The third kappa shape index (κ3) is 5.80. The monoisotopic (exact) mass is 397 g/mol. The maximum Gasteiger partial charge on any atom is 0.255 e. The second-order valence-corrected chi connectivity index (χ2v) is 6.18. The van der Waals surface area contributed by atoms with Gasteiger partial charge in [-0.15, -0.1) is 24.8 Å². The summed E-state index contributed by atoms with van der Waals surface area (Å²) in [5, 5.41) is 6.22. The number of rotatable bonds is 6. The van der Waals surface area contributed by atoms with Gasteiger partial charge in [-0.1, -0.05) is 0 Å². The van der Waals surface area contributed by atoms with E-state index in [0.717, 1.165) is 36.6 Å². The molecule has 0 aromatic heterocycles. The molecule has 0 atom stereocenters. The SMILES string of the molecule is CN(C)CCOc1ccc(NC(=O)c2ccc3c(c2)CCN3)cc1.Cl.Cl. The van der Waals surface area contributed by atoms with Gasteiger partial charge in [0.2, 0.25) is 0 Å². The van der Waals surface area contributed by atoms with Crippen LogP contribution in [0.4, 0.5) is 11.4 Å². The largest absolute Gasteiger partial charge is 0.492 e. The predicted octanol–water partition coefficient (Wildman–Crippen LogP) is 3.69. The molecular weight excluding hydrogens is 373 g/mol. The van der Waals surface area contributed by atoms with Crippen LogP contribution in [0.2, 0.25) is 0 Å². The summed E-state index contributed by atoms with van der Waals surface area (Å²) in [6.45, 7) is 2.45. The number of amides is 1. The van der Waals surface area contributed by atoms with Crippen LogP contribution in [0.3, 0.4) is 0 Å². The van der Waals surface area contributed by atoms with Crippen molar-refractivity contribution < 1.29 is 9.53 Å². The van der Waals surface area contributed by atoms with Gasteiger partial charge in [0.15, 0.2) is 0 Å². The molecule has 5 nitrogen and oxygen atoms in total. The van der Waals surface area contributed by atoms with Gasteiger partial charge in [-0.25, -0.2) is 0 Å². The minimum atomic E-state index is -0.0917. The quantitative estimate of drug-likeness (QED) is 0.780. The summed E-state index contributed by atoms with van der Waals surface area (Å²) in [5.41, 5.74) is 3.78. The van der Waals surface area contributed by atoms with Crippen molar-refractivity contribution in [1.82, 2.24) is 4.90 Å². The summed E-state index contributed by atoms with van der Waals surface area (Å²) in [5.74, 6) is 0.712. The molecule has 0 saturated carbocycles. The smallest absolute Gasteiger partial charge is 0.255 e. The molecule has 0 radical (unpaired) electrons. The van der Waals surface area contributed by atoms with Gasteiger partial charge in [0.1, 0.15) is 12.4 Å². The second-order valence-electron chi connectivity index (χ2n) is 6.18. The Labute approximate surface area is 166 Å². The topological polar surface area (TPSA) is 53.6 Å². The van der Waals surface area contributed by atoms with Crippen LogP contribution in [0.5, 0.6) is 5.75 Å². The average molecular weight is 398 g/mol. The van der Waals surface area contributed by atoms with Gasteiger partial charge < -0.3 is 20.3 Å². The van der Waals surface area contributed by atoms with E-state index in [0.29, 0.717) is 12.2 Å². The molecule has 0 bridgehead atoms. The fraction of sp³-hybridized carbons (Fsp3) is 0.316. The van der Waals surface area contributed by atoms with Crippen LogP contribution in [0.1, 0.15) is 15.9 Å². The van der Waals surface area contributed by atoms with Crippen molar-refractivity contribution in [3.05, 3.63) is 53.6 Å². The van der Waals surface area contributed by atoms with E-state index in [1.165, 1.54) is 5.56 Å². The van der Waals surface area contributed by atoms with E-state index in [1.54, 1.807) is 0 Å². The molecule has 7 heteroatoms. The van der Waals surface area contributed by atoms with Crippen molar-refractivity contribution in [3.63, 3.8) is 0 Å². The second kappa shape index (κ2) is 10.3. The molecule has 0 saturated heterocycles. The molecule has 1 amide bonds. The van der Waals surface area contributed by atoms with Crippen LogP contribution in [-0.4, -0.2) is 44.6 Å². The average Bonchev–Trinajstić information content (AvgIpc) is 3.03. The molecule has 0 aliphatic carbocycles. The van der Waals surface area contributed by atoms with Crippen LogP contribution >= 0.6 is 24.8 Å². The first-order valence-corrected chi connectivity index (χ1v) is 8.17. The van der Waals surface area contributed by atoms with E-state index in [1.807, 2.05) is 56.6 Å². The van der Waals surface area contributed by atoms with Crippen LogP contribution in [0.15, 0.2) is 42.5 Å². The highest BCUT2D eigenvalue weighted by molar-refractivity contribution is 6.04. The van der Waals surface area contributed by atoms with Crippen LogP contribution in [0.25, 0.3) is 0 Å². The summed E-state index contributed by atoms with van der Waals surface area (Å²) in [4.78, 5) is 14.4. The fourth-order valence-corrected chi connectivity index (χ4v) is 2.63. The number of likely N-dealkylation sites (N-methyl/N-ethyl adjacent to an activating group) is 1. The molecule has 3 rings (SSSR count). The minimum Gasteiger partial charge on any atom is -0.492 e. The number of carbonyl (C=O) groups excluding carboxylic acids is 1. The summed E-state index contributed by atoms with van der Waals surface area (Å²) in [7, 11) is 4.02. The first-order valence-electron chi connectivity index (χ1n) is 8.17. The van der Waals surface area contributed by atoms with Gasteiger partial charge >= 0.3 is 0 Å². The molecule has 26 heavy (non-hydrogen) atoms. The lowest BCUT2D eigenvalue weighted by Crippen LogP contribution is -2.19. The van der Waals surface area contributed by atoms with E-state index >= 15 is 0 Å². The summed E-state index contributed by atoms with van der Waals surface area (Å²) >= 11 is 0. The number of benzene rings is 2. The molecule has 2 aromatic carbocycles. The Kier molecular flexibility index (Phi) is 8.72. The molecule has 2 N–H and O–H groups in total. The van der Waals surface area contributed by atoms with Crippen molar-refractivity contribution in [3.8, 4) is 5.75 Å². The standard InChI is InChI=1S/C19H23N3O2.2ClH/c1-22(2)11-12-24-17-6-4-16(5-7-17)21-19(23)15-3-8-18-14(13-15)9-10-20-18;;/h3-8,13,20H,9-12H2,1-2H3,(H,21,23);2*1H. The van der Waals surface area contributed by atoms with E-state index in [2.05, 4.69) is 15.5 Å². The van der Waals surface area contributed by atoms with Crippen LogP contribution in [-0.2, 0) is 6.42 Å². The van der Waals surface area contributed by atoms with Crippen LogP contribution < -0.4 is 15.4 Å². The highest BCUT2D eigenvalue weighted by Gasteiger charge is 2.13. The van der Waals surface area contributed by atoms with E-state index in [9.17, 15) is 4.79 Å².